The highest BCUT2D eigenvalue weighted by atomic mass is 35.5. The first-order chi connectivity index (χ1) is 15.9. The van der Waals surface area contributed by atoms with Gasteiger partial charge in [0.2, 0.25) is 11.8 Å². The Hall–Kier alpha value is -3.58. The average Bonchev–Trinajstić information content (AvgIpc) is 3.18. The lowest BCUT2D eigenvalue weighted by molar-refractivity contribution is -0.122. The number of nitrogens with one attached hydrogen (secondary N) is 1. The van der Waals surface area contributed by atoms with Crippen molar-refractivity contribution < 1.29 is 23.5 Å². The van der Waals surface area contributed by atoms with Crippen LogP contribution >= 0.6 is 11.6 Å². The molecule has 4 rings (SSSR count). The van der Waals surface area contributed by atoms with E-state index in [4.69, 9.17) is 21.1 Å². The second kappa shape index (κ2) is 9.50. The van der Waals surface area contributed by atoms with Crippen molar-refractivity contribution in [3.63, 3.8) is 0 Å². The number of halogens is 2. The van der Waals surface area contributed by atoms with E-state index in [1.807, 2.05) is 12.1 Å². The fourth-order valence-corrected chi connectivity index (χ4v) is 4.19. The normalized spacial score (nSPS) is 17.7. The van der Waals surface area contributed by atoms with Crippen LogP contribution in [-0.2, 0) is 9.59 Å². The lowest BCUT2D eigenvalue weighted by Gasteiger charge is -2.28. The largest absolute Gasteiger partial charge is 0.497 e. The number of methoxy groups -OCH3 is 2. The Morgan fingerprint density at radius 1 is 1.00 bits per heavy atom. The molecule has 1 aliphatic rings. The van der Waals surface area contributed by atoms with Crippen molar-refractivity contribution in [2.24, 2.45) is 5.92 Å². The molecule has 0 spiro atoms. The zero-order valence-corrected chi connectivity index (χ0v) is 18.8. The molecule has 0 aromatic heterocycles. The third-order valence-corrected chi connectivity index (χ3v) is 5.94. The summed E-state index contributed by atoms with van der Waals surface area (Å²) in [6.45, 7) is 0. The molecular weight excluding hydrogens is 447 g/mol. The molecule has 1 aliphatic heterocycles. The van der Waals surface area contributed by atoms with Crippen molar-refractivity contribution in [1.29, 1.82) is 0 Å². The van der Waals surface area contributed by atoms with E-state index in [9.17, 15) is 14.0 Å². The highest BCUT2D eigenvalue weighted by Crippen LogP contribution is 2.42. The number of amides is 2. The van der Waals surface area contributed by atoms with Crippen LogP contribution in [0.1, 0.15) is 18.0 Å². The van der Waals surface area contributed by atoms with E-state index in [1.165, 1.54) is 18.2 Å². The molecule has 1 fully saturated rings. The van der Waals surface area contributed by atoms with Gasteiger partial charge in [-0.25, -0.2) is 4.39 Å². The van der Waals surface area contributed by atoms with Crippen molar-refractivity contribution in [2.75, 3.05) is 24.4 Å². The first-order valence-electron chi connectivity index (χ1n) is 10.3. The molecule has 2 amide bonds. The van der Waals surface area contributed by atoms with Crippen molar-refractivity contribution in [3.05, 3.63) is 83.1 Å². The van der Waals surface area contributed by atoms with Gasteiger partial charge in [0.1, 0.15) is 17.3 Å². The van der Waals surface area contributed by atoms with Crippen LogP contribution in [0, 0.1) is 11.7 Å². The quantitative estimate of drug-likeness (QED) is 0.538. The Kier molecular flexibility index (Phi) is 6.51. The molecule has 2 unspecified atom stereocenters. The molecular formula is C25H22ClFN2O4. The number of carbonyl (C=O) groups is 2. The van der Waals surface area contributed by atoms with Gasteiger partial charge in [-0.3, -0.25) is 9.59 Å². The van der Waals surface area contributed by atoms with E-state index in [0.29, 0.717) is 22.9 Å². The van der Waals surface area contributed by atoms with Gasteiger partial charge in [0.25, 0.3) is 0 Å². The van der Waals surface area contributed by atoms with Crippen LogP contribution in [0.2, 0.25) is 5.02 Å². The van der Waals surface area contributed by atoms with Crippen molar-refractivity contribution in [2.45, 2.75) is 12.5 Å². The maximum absolute atomic E-state index is 13.5. The van der Waals surface area contributed by atoms with Crippen LogP contribution in [-0.4, -0.2) is 26.0 Å². The smallest absolute Gasteiger partial charge is 0.230 e. The number of nitrogens with zero attached hydrogens (tertiary/aromatic N) is 1. The first-order valence-corrected chi connectivity index (χ1v) is 10.6. The number of ether oxygens (including phenoxy) is 2. The van der Waals surface area contributed by atoms with Gasteiger partial charge < -0.3 is 19.7 Å². The van der Waals surface area contributed by atoms with Crippen LogP contribution in [0.15, 0.2) is 66.7 Å². The zero-order valence-electron chi connectivity index (χ0n) is 18.0. The molecule has 1 saturated heterocycles. The monoisotopic (exact) mass is 468 g/mol. The highest BCUT2D eigenvalue weighted by molar-refractivity contribution is 6.31. The molecule has 0 aliphatic carbocycles. The van der Waals surface area contributed by atoms with Gasteiger partial charge in [0.15, 0.2) is 0 Å². The van der Waals surface area contributed by atoms with E-state index < -0.39 is 17.8 Å². The molecule has 0 radical (unpaired) electrons. The van der Waals surface area contributed by atoms with Crippen molar-refractivity contribution >= 4 is 34.8 Å². The summed E-state index contributed by atoms with van der Waals surface area (Å²) < 4.78 is 24.0. The SMILES string of the molecule is COc1ccc(C2C(C(=O)Nc3ccc(F)c(Cl)c3)CC(=O)N2c2ccc(OC)cc2)cc1. The summed E-state index contributed by atoms with van der Waals surface area (Å²) in [6.07, 6.45) is 0.0173. The molecule has 1 N–H and O–H groups in total. The van der Waals surface area contributed by atoms with E-state index in [1.54, 1.807) is 55.5 Å². The lowest BCUT2D eigenvalue weighted by Crippen LogP contribution is -2.32. The number of hydrogen-bond donors (Lipinski definition) is 1. The first kappa shape index (κ1) is 22.6. The minimum absolute atomic E-state index is 0.0173. The van der Waals surface area contributed by atoms with Gasteiger partial charge in [-0.2, -0.15) is 0 Å². The Morgan fingerprint density at radius 2 is 1.61 bits per heavy atom. The third-order valence-electron chi connectivity index (χ3n) is 5.65. The minimum Gasteiger partial charge on any atom is -0.497 e. The molecule has 0 bridgehead atoms. The summed E-state index contributed by atoms with van der Waals surface area (Å²) in [5, 5.41) is 2.68. The molecule has 3 aromatic carbocycles. The Bertz CT molecular complexity index is 1170. The number of carbonyl (C=O) groups excluding carboxylic acids is 2. The van der Waals surface area contributed by atoms with Gasteiger partial charge in [0.05, 0.1) is 31.2 Å². The fraction of sp³-hybridized carbons (Fsp3) is 0.200. The van der Waals surface area contributed by atoms with Crippen molar-refractivity contribution in [1.82, 2.24) is 0 Å². The van der Waals surface area contributed by atoms with Gasteiger partial charge in [-0.15, -0.1) is 0 Å². The van der Waals surface area contributed by atoms with Crippen LogP contribution in [0.3, 0.4) is 0 Å². The minimum atomic E-state index is -0.683. The molecule has 3 aromatic rings. The molecule has 8 heteroatoms. The fourth-order valence-electron chi connectivity index (χ4n) is 4.01. The second-order valence-electron chi connectivity index (χ2n) is 7.61. The summed E-state index contributed by atoms with van der Waals surface area (Å²) in [6, 6.07) is 17.8. The Morgan fingerprint density at radius 3 is 2.18 bits per heavy atom. The predicted molar refractivity (Wildman–Crippen MR) is 124 cm³/mol. The summed E-state index contributed by atoms with van der Waals surface area (Å²) in [4.78, 5) is 28.0. The van der Waals surface area contributed by atoms with Crippen LogP contribution < -0.4 is 19.7 Å². The molecule has 170 valence electrons. The summed E-state index contributed by atoms with van der Waals surface area (Å²) in [7, 11) is 3.14. The Balaban J connectivity index is 1.70. The van der Waals surface area contributed by atoms with E-state index in [0.717, 1.165) is 5.56 Å². The molecule has 33 heavy (non-hydrogen) atoms. The van der Waals surface area contributed by atoms with Gasteiger partial charge in [-0.05, 0) is 60.2 Å². The number of rotatable bonds is 6. The van der Waals surface area contributed by atoms with E-state index >= 15 is 0 Å². The maximum Gasteiger partial charge on any atom is 0.230 e. The standard InChI is InChI=1S/C25H22ClFN2O4/c1-32-18-8-3-15(4-9-18)24-20(25(31)28-16-5-12-22(27)21(26)13-16)14-23(30)29(24)17-6-10-19(33-2)11-7-17/h3-13,20,24H,14H2,1-2H3,(H,28,31). The van der Waals surface area contributed by atoms with Crippen LogP contribution in [0.5, 0.6) is 11.5 Å². The number of anilines is 2. The molecule has 2 atom stereocenters. The maximum atomic E-state index is 13.5. The third kappa shape index (κ3) is 4.64. The summed E-state index contributed by atoms with van der Waals surface area (Å²) >= 11 is 5.85. The second-order valence-corrected chi connectivity index (χ2v) is 8.02. The van der Waals surface area contributed by atoms with Crippen LogP contribution in [0.4, 0.5) is 15.8 Å². The highest BCUT2D eigenvalue weighted by Gasteiger charge is 2.45. The lowest BCUT2D eigenvalue weighted by atomic mass is 9.92. The van der Waals surface area contributed by atoms with E-state index in [2.05, 4.69) is 5.32 Å². The topological polar surface area (TPSA) is 67.9 Å². The number of hydrogen-bond acceptors (Lipinski definition) is 4. The van der Waals surface area contributed by atoms with Crippen molar-refractivity contribution in [3.8, 4) is 11.5 Å². The number of benzene rings is 3. The van der Waals surface area contributed by atoms with Gasteiger partial charge >= 0.3 is 0 Å². The molecule has 1 heterocycles. The molecule has 0 saturated carbocycles. The van der Waals surface area contributed by atoms with Gasteiger partial charge in [-0.1, -0.05) is 23.7 Å². The van der Waals surface area contributed by atoms with Crippen LogP contribution in [0.25, 0.3) is 0 Å². The average molecular weight is 469 g/mol. The summed E-state index contributed by atoms with van der Waals surface area (Å²) in [5.41, 5.74) is 1.80. The summed E-state index contributed by atoms with van der Waals surface area (Å²) in [5.74, 6) is -0.472. The van der Waals surface area contributed by atoms with E-state index in [-0.39, 0.29) is 23.3 Å². The zero-order chi connectivity index (χ0) is 23.5. The predicted octanol–water partition coefficient (Wildman–Crippen LogP) is 5.23. The van der Waals surface area contributed by atoms with Gasteiger partial charge in [0, 0.05) is 17.8 Å². The Labute approximate surface area is 195 Å². The molecule has 6 nitrogen and oxygen atoms in total.